The molecule has 0 N–H and O–H groups in total. The molecule has 1 aromatic heterocycles. The van der Waals surface area contributed by atoms with Crippen molar-refractivity contribution in [2.24, 2.45) is 0 Å². The Hall–Kier alpha value is -2.97. The molecule has 0 saturated carbocycles. The van der Waals surface area contributed by atoms with Gasteiger partial charge in [0.25, 0.3) is 0 Å². The average molecular weight is 337 g/mol. The number of aromatic nitrogens is 1. The van der Waals surface area contributed by atoms with Crippen LogP contribution in [0.2, 0.25) is 0 Å². The quantitative estimate of drug-likeness (QED) is 0.412. The Labute approximate surface area is 149 Å². The number of nitrogens with zero attached hydrogens (tertiary/aromatic N) is 1. The van der Waals surface area contributed by atoms with Gasteiger partial charge in [-0.25, -0.2) is 0 Å². The first-order valence-electron chi connectivity index (χ1n) is 8.50. The zero-order valence-electron chi connectivity index (χ0n) is 13.9. The molecule has 0 saturated heterocycles. The van der Waals surface area contributed by atoms with Crippen LogP contribution in [-0.2, 0) is 0 Å². The SMILES string of the molecule is c1ccc([Si](c2ccccc2)(c2ccccc2)c2ccccn2)cc1. The largest absolute Gasteiger partial charge is 0.265 e. The van der Waals surface area contributed by atoms with Gasteiger partial charge in [-0.3, -0.25) is 4.98 Å². The highest BCUT2D eigenvalue weighted by Gasteiger charge is 2.42. The first kappa shape index (κ1) is 15.5. The van der Waals surface area contributed by atoms with Crippen LogP contribution < -0.4 is 20.9 Å². The lowest BCUT2D eigenvalue weighted by Crippen LogP contribution is -2.75. The summed E-state index contributed by atoms with van der Waals surface area (Å²) in [6.07, 6.45) is 1.91. The summed E-state index contributed by atoms with van der Waals surface area (Å²) in [4.78, 5) is 4.84. The third kappa shape index (κ3) is 2.71. The zero-order valence-corrected chi connectivity index (χ0v) is 14.9. The van der Waals surface area contributed by atoms with Gasteiger partial charge in [-0.1, -0.05) is 97.1 Å². The van der Waals surface area contributed by atoms with Crippen LogP contribution >= 0.6 is 0 Å². The number of hydrogen-bond donors (Lipinski definition) is 0. The van der Waals surface area contributed by atoms with Crippen molar-refractivity contribution in [3.8, 4) is 0 Å². The highest BCUT2D eigenvalue weighted by molar-refractivity contribution is 7.19. The summed E-state index contributed by atoms with van der Waals surface area (Å²) in [5.41, 5.74) is 0. The summed E-state index contributed by atoms with van der Waals surface area (Å²) in [7, 11) is -2.41. The minimum absolute atomic E-state index is 1.17. The van der Waals surface area contributed by atoms with E-state index < -0.39 is 8.07 Å². The van der Waals surface area contributed by atoms with Crippen LogP contribution in [0.3, 0.4) is 0 Å². The Kier molecular flexibility index (Phi) is 4.28. The van der Waals surface area contributed by atoms with E-state index in [0.29, 0.717) is 0 Å². The molecular weight excluding hydrogens is 318 g/mol. The minimum atomic E-state index is -2.41. The van der Waals surface area contributed by atoms with Crippen LogP contribution in [0.5, 0.6) is 0 Å². The minimum Gasteiger partial charge on any atom is -0.265 e. The van der Waals surface area contributed by atoms with Gasteiger partial charge in [-0.15, -0.1) is 0 Å². The summed E-state index contributed by atoms with van der Waals surface area (Å²) < 4.78 is 0. The summed E-state index contributed by atoms with van der Waals surface area (Å²) in [6, 6.07) is 38.8. The van der Waals surface area contributed by atoms with Crippen LogP contribution in [0, 0.1) is 0 Å². The molecule has 0 bridgehead atoms. The highest BCUT2D eigenvalue weighted by atomic mass is 28.3. The standard InChI is InChI=1S/C23H19NSi/c1-4-12-20(13-5-1)25(21-14-6-2-7-15-21,22-16-8-3-9-17-22)23-18-10-11-19-24-23/h1-19H. The zero-order chi connectivity index (χ0) is 17.0. The summed E-state index contributed by atoms with van der Waals surface area (Å²) >= 11 is 0. The molecule has 3 aromatic carbocycles. The normalized spacial score (nSPS) is 11.2. The number of benzene rings is 3. The Balaban J connectivity index is 2.13. The lowest BCUT2D eigenvalue weighted by molar-refractivity contribution is 1.37. The summed E-state index contributed by atoms with van der Waals surface area (Å²) in [5.74, 6) is 0. The topological polar surface area (TPSA) is 12.9 Å². The second-order valence-corrected chi connectivity index (χ2v) is 9.81. The Morgan fingerprint density at radius 2 is 0.840 bits per heavy atom. The number of hydrogen-bond acceptors (Lipinski definition) is 1. The fourth-order valence-electron chi connectivity index (χ4n) is 3.59. The van der Waals surface area contributed by atoms with Gasteiger partial charge in [0.05, 0.1) is 0 Å². The van der Waals surface area contributed by atoms with Crippen molar-refractivity contribution in [2.45, 2.75) is 0 Å². The second-order valence-electron chi connectivity index (χ2n) is 6.06. The van der Waals surface area contributed by atoms with Gasteiger partial charge < -0.3 is 0 Å². The van der Waals surface area contributed by atoms with Gasteiger partial charge in [-0.2, -0.15) is 0 Å². The van der Waals surface area contributed by atoms with Crippen molar-refractivity contribution in [3.05, 3.63) is 115 Å². The van der Waals surface area contributed by atoms with Crippen molar-refractivity contribution in [1.82, 2.24) is 4.98 Å². The Bertz CT molecular complexity index is 759. The van der Waals surface area contributed by atoms with Gasteiger partial charge >= 0.3 is 0 Å². The molecule has 4 aromatic rings. The molecule has 0 unspecified atom stereocenters. The lowest BCUT2D eigenvalue weighted by atomic mass is 10.3. The Morgan fingerprint density at radius 1 is 0.440 bits per heavy atom. The van der Waals surface area contributed by atoms with E-state index in [9.17, 15) is 0 Å². The van der Waals surface area contributed by atoms with Gasteiger partial charge in [0.2, 0.25) is 8.07 Å². The summed E-state index contributed by atoms with van der Waals surface area (Å²) in [5, 5.41) is 5.22. The molecule has 0 aliphatic rings. The van der Waals surface area contributed by atoms with Gasteiger partial charge in [0.1, 0.15) is 0 Å². The molecule has 25 heavy (non-hydrogen) atoms. The molecule has 4 rings (SSSR count). The maximum atomic E-state index is 4.84. The second kappa shape index (κ2) is 6.87. The molecule has 0 spiro atoms. The van der Waals surface area contributed by atoms with Crippen LogP contribution in [0.4, 0.5) is 0 Å². The van der Waals surface area contributed by atoms with Crippen molar-refractivity contribution in [3.63, 3.8) is 0 Å². The molecule has 0 atom stereocenters. The lowest BCUT2D eigenvalue weighted by Gasteiger charge is -2.33. The van der Waals surface area contributed by atoms with E-state index in [2.05, 4.69) is 103 Å². The van der Waals surface area contributed by atoms with Crippen molar-refractivity contribution in [2.75, 3.05) is 0 Å². The molecule has 0 radical (unpaired) electrons. The monoisotopic (exact) mass is 337 g/mol. The van der Waals surface area contributed by atoms with Crippen molar-refractivity contribution >= 4 is 29.0 Å². The summed E-state index contributed by atoms with van der Waals surface area (Å²) in [6.45, 7) is 0. The maximum Gasteiger partial charge on any atom is 0.201 e. The smallest absolute Gasteiger partial charge is 0.201 e. The van der Waals surface area contributed by atoms with E-state index in [1.54, 1.807) is 0 Å². The van der Waals surface area contributed by atoms with Crippen LogP contribution in [0.15, 0.2) is 115 Å². The van der Waals surface area contributed by atoms with E-state index in [1.807, 2.05) is 12.3 Å². The average Bonchev–Trinajstić information content (AvgIpc) is 2.72. The maximum absolute atomic E-state index is 4.84. The van der Waals surface area contributed by atoms with Crippen molar-refractivity contribution in [1.29, 1.82) is 0 Å². The van der Waals surface area contributed by atoms with E-state index in [4.69, 9.17) is 4.98 Å². The van der Waals surface area contributed by atoms with E-state index in [1.165, 1.54) is 20.9 Å². The van der Waals surface area contributed by atoms with Crippen LogP contribution in [0.1, 0.15) is 0 Å². The molecule has 0 aliphatic carbocycles. The molecule has 0 aliphatic heterocycles. The molecule has 120 valence electrons. The van der Waals surface area contributed by atoms with E-state index >= 15 is 0 Å². The molecule has 2 heteroatoms. The fraction of sp³-hybridized carbons (Fsp3) is 0. The van der Waals surface area contributed by atoms with Gasteiger partial charge in [0, 0.05) is 11.5 Å². The first-order chi connectivity index (χ1) is 12.4. The fourth-order valence-corrected chi connectivity index (χ4v) is 8.17. The first-order valence-corrected chi connectivity index (χ1v) is 10.5. The third-order valence-corrected chi connectivity index (χ3v) is 9.33. The Morgan fingerprint density at radius 3 is 1.20 bits per heavy atom. The molecule has 1 nitrogen and oxygen atoms in total. The number of pyridine rings is 1. The van der Waals surface area contributed by atoms with Crippen molar-refractivity contribution < 1.29 is 0 Å². The van der Waals surface area contributed by atoms with Crippen LogP contribution in [0.25, 0.3) is 0 Å². The third-order valence-electron chi connectivity index (χ3n) is 4.67. The van der Waals surface area contributed by atoms with Gasteiger partial charge in [-0.05, 0) is 27.7 Å². The molecule has 0 fully saturated rings. The van der Waals surface area contributed by atoms with E-state index in [-0.39, 0.29) is 0 Å². The van der Waals surface area contributed by atoms with Gasteiger partial charge in [0.15, 0.2) is 0 Å². The molecule has 1 heterocycles. The predicted octanol–water partition coefficient (Wildman–Crippen LogP) is 2.46. The predicted molar refractivity (Wildman–Crippen MR) is 108 cm³/mol. The van der Waals surface area contributed by atoms with Crippen LogP contribution in [-0.4, -0.2) is 13.1 Å². The molecule has 0 amide bonds. The molecular formula is C23H19NSi. The number of rotatable bonds is 4. The van der Waals surface area contributed by atoms with E-state index in [0.717, 1.165) is 0 Å². The highest BCUT2D eigenvalue weighted by Crippen LogP contribution is 2.07.